The van der Waals surface area contributed by atoms with Crippen molar-refractivity contribution in [3.63, 3.8) is 0 Å². The second-order valence-corrected chi connectivity index (χ2v) is 19.4. The SMILES string of the molecule is COc1cc(S(=O)N2CCN(CCCOC3CCN(C(=O)COc4cccc(CNc5cc(-c6c(C)noc6C)cnc5OC)c4)CC3)CC2)ccc1NCC#Cc1cc2c(n1CC(F)(F)F)=CCCC=2N. The molecule has 1 amide bonds. The molecular weight excluding hydrogens is 952 g/mol. The molecule has 20 heteroatoms. The van der Waals surface area contributed by atoms with E-state index in [1.807, 2.05) is 53.4 Å². The molecule has 5 heterocycles. The maximum atomic E-state index is 13.6. The topological polar surface area (TPSA) is 175 Å². The number of hydrogen-bond acceptors (Lipinski definition) is 13. The van der Waals surface area contributed by atoms with Crippen LogP contribution in [0.2, 0.25) is 0 Å². The number of nitrogens with zero attached hydrogens (tertiary/aromatic N) is 6. The number of piperazine rings is 1. The number of likely N-dealkylation sites (tertiary alicyclic amines) is 1. The normalized spacial score (nSPS) is 16.0. The molecule has 1 atom stereocenters. The van der Waals surface area contributed by atoms with Gasteiger partial charge in [0, 0.05) is 92.6 Å². The third-order valence-electron chi connectivity index (χ3n) is 13.0. The van der Waals surface area contributed by atoms with Gasteiger partial charge in [0.05, 0.1) is 54.5 Å². The lowest BCUT2D eigenvalue weighted by molar-refractivity contribution is -0.141. The number of ether oxygens (including phenoxy) is 4. The molecule has 4 N–H and O–H groups in total. The molecule has 0 saturated carbocycles. The molecule has 3 aromatic heterocycles. The van der Waals surface area contributed by atoms with Crippen LogP contribution in [0, 0.1) is 25.7 Å². The van der Waals surface area contributed by atoms with Crippen molar-refractivity contribution < 1.29 is 45.6 Å². The Kier molecular flexibility index (Phi) is 17.1. The van der Waals surface area contributed by atoms with Crippen molar-refractivity contribution in [1.29, 1.82) is 0 Å². The predicted molar refractivity (Wildman–Crippen MR) is 269 cm³/mol. The molecule has 2 fully saturated rings. The van der Waals surface area contributed by atoms with Gasteiger partial charge in [0.25, 0.3) is 5.91 Å². The predicted octanol–water partition coefficient (Wildman–Crippen LogP) is 5.57. The van der Waals surface area contributed by atoms with E-state index in [2.05, 4.69) is 37.5 Å². The maximum Gasteiger partial charge on any atom is 0.406 e. The van der Waals surface area contributed by atoms with Gasteiger partial charge in [-0.25, -0.2) is 13.5 Å². The average Bonchev–Trinajstić information content (AvgIpc) is 3.91. The molecule has 0 radical (unpaired) electrons. The van der Waals surface area contributed by atoms with Gasteiger partial charge in [-0.1, -0.05) is 29.3 Å². The lowest BCUT2D eigenvalue weighted by Gasteiger charge is -2.34. The van der Waals surface area contributed by atoms with Gasteiger partial charge in [0.1, 0.15) is 34.8 Å². The first-order valence-corrected chi connectivity index (χ1v) is 25.2. The monoisotopic (exact) mass is 1010 g/mol. The minimum atomic E-state index is -4.41. The number of piperidine rings is 1. The molecule has 384 valence electrons. The molecule has 0 spiro atoms. The Morgan fingerprint density at radius 2 is 1.79 bits per heavy atom. The zero-order valence-electron chi connectivity index (χ0n) is 41.1. The Hall–Kier alpha value is -6.53. The molecule has 1 unspecified atom stereocenters. The van der Waals surface area contributed by atoms with Crippen LogP contribution in [0.15, 0.2) is 70.2 Å². The Bertz CT molecular complexity index is 2900. The number of rotatable bonds is 19. The van der Waals surface area contributed by atoms with Crippen molar-refractivity contribution in [2.75, 3.05) is 90.4 Å². The number of amides is 1. The zero-order chi connectivity index (χ0) is 50.8. The summed E-state index contributed by atoms with van der Waals surface area (Å²) in [5, 5.41) is 11.7. The van der Waals surface area contributed by atoms with E-state index >= 15 is 0 Å². The average molecular weight is 1010 g/mol. The minimum Gasteiger partial charge on any atom is -0.495 e. The van der Waals surface area contributed by atoms with Gasteiger partial charge < -0.3 is 54.2 Å². The summed E-state index contributed by atoms with van der Waals surface area (Å²) in [7, 11) is 1.70. The number of aromatic nitrogens is 3. The summed E-state index contributed by atoms with van der Waals surface area (Å²) >= 11 is 0. The number of carbonyl (C=O) groups excluding carboxylic acids is 1. The fourth-order valence-electron chi connectivity index (χ4n) is 9.22. The smallest absolute Gasteiger partial charge is 0.406 e. The third kappa shape index (κ3) is 13.1. The Morgan fingerprint density at radius 3 is 2.53 bits per heavy atom. The van der Waals surface area contributed by atoms with Crippen LogP contribution in [0.1, 0.15) is 54.8 Å². The summed E-state index contributed by atoms with van der Waals surface area (Å²) in [6.45, 7) is 8.73. The molecular formula is C52H62F3N9O7S. The van der Waals surface area contributed by atoms with Crippen molar-refractivity contribution in [3.05, 3.63) is 94.1 Å². The van der Waals surface area contributed by atoms with Gasteiger partial charge in [-0.15, -0.1) is 0 Å². The van der Waals surface area contributed by atoms with Crippen LogP contribution >= 0.6 is 0 Å². The maximum absolute atomic E-state index is 13.6. The van der Waals surface area contributed by atoms with Crippen molar-refractivity contribution in [3.8, 4) is 40.3 Å². The number of nitrogens with two attached hydrogens (primary N) is 1. The molecule has 2 saturated heterocycles. The van der Waals surface area contributed by atoms with E-state index in [0.717, 1.165) is 67.0 Å². The van der Waals surface area contributed by atoms with Crippen molar-refractivity contribution in [2.45, 2.75) is 76.2 Å². The van der Waals surface area contributed by atoms with Crippen LogP contribution in [0.5, 0.6) is 17.4 Å². The lowest BCUT2D eigenvalue weighted by Crippen LogP contribution is -2.47. The highest BCUT2D eigenvalue weighted by molar-refractivity contribution is 7.82. The number of carbonyl (C=O) groups is 1. The number of pyridine rings is 1. The fraction of sp³-hybridized carbons (Fsp3) is 0.442. The van der Waals surface area contributed by atoms with Crippen LogP contribution < -0.4 is 41.1 Å². The molecule has 16 nitrogen and oxygen atoms in total. The zero-order valence-corrected chi connectivity index (χ0v) is 41.9. The molecule has 8 rings (SSSR count). The van der Waals surface area contributed by atoms with E-state index in [4.69, 9.17) is 29.2 Å². The first-order valence-electron chi connectivity index (χ1n) is 24.1. The number of methoxy groups -OCH3 is 2. The Morgan fingerprint density at radius 1 is 0.986 bits per heavy atom. The quantitative estimate of drug-likeness (QED) is 0.0693. The number of nitrogens with one attached hydrogen (secondary N) is 2. The lowest BCUT2D eigenvalue weighted by atomic mass is 10.1. The fourth-order valence-corrected chi connectivity index (χ4v) is 10.4. The summed E-state index contributed by atoms with van der Waals surface area (Å²) in [4.78, 5) is 22.4. The molecule has 72 heavy (non-hydrogen) atoms. The summed E-state index contributed by atoms with van der Waals surface area (Å²) < 4.78 is 85.8. The molecule has 2 aliphatic heterocycles. The van der Waals surface area contributed by atoms with Crippen molar-refractivity contribution >= 4 is 40.0 Å². The highest BCUT2D eigenvalue weighted by Gasteiger charge is 2.30. The highest BCUT2D eigenvalue weighted by Crippen LogP contribution is 2.33. The van der Waals surface area contributed by atoms with Gasteiger partial charge in [0.2, 0.25) is 5.88 Å². The minimum absolute atomic E-state index is 0.0504. The summed E-state index contributed by atoms with van der Waals surface area (Å²) in [5.74, 6) is 8.04. The molecule has 1 aliphatic carbocycles. The van der Waals surface area contributed by atoms with Gasteiger partial charge in [-0.2, -0.15) is 13.2 Å². The van der Waals surface area contributed by atoms with Crippen LogP contribution in [-0.4, -0.2) is 131 Å². The van der Waals surface area contributed by atoms with Gasteiger partial charge in [-0.05, 0) is 99.9 Å². The highest BCUT2D eigenvalue weighted by atomic mass is 32.2. The number of benzene rings is 2. The van der Waals surface area contributed by atoms with Crippen LogP contribution in [-0.2, 0) is 33.6 Å². The van der Waals surface area contributed by atoms with Gasteiger partial charge in [0.15, 0.2) is 6.61 Å². The Balaban J connectivity index is 0.713. The van der Waals surface area contributed by atoms with Crippen LogP contribution in [0.3, 0.4) is 0 Å². The van der Waals surface area contributed by atoms with Gasteiger partial charge >= 0.3 is 6.18 Å². The van der Waals surface area contributed by atoms with E-state index in [1.165, 1.54) is 11.7 Å². The standard InChI is InChI=1S/C52H62F3N9O7S/c1-35-50(36(2)71-60-35)38-28-46(51(68-4)59-32-38)58-31-37-9-5-11-41(27-37)70-33-49(65)62-20-16-40(17-21-62)69-26-8-19-61-22-24-63(25-23-61)72(66)42-14-15-45(48(30-42)67-3)57-18-7-10-39-29-43-44(56)12-6-13-47(43)64(39)34-52(53,54)55/h5,9,11,13-15,27-30,32,40,57-58H,6,8,12,16-26,31,33-34,56H2,1-4H3. The number of aryl methyl sites for hydroxylation is 2. The molecule has 3 aliphatic rings. The van der Waals surface area contributed by atoms with Crippen molar-refractivity contribution in [2.24, 2.45) is 5.73 Å². The van der Waals surface area contributed by atoms with E-state index in [1.54, 1.807) is 43.6 Å². The van der Waals surface area contributed by atoms with Crippen LogP contribution in [0.4, 0.5) is 24.5 Å². The first-order chi connectivity index (χ1) is 34.8. The number of hydrogen-bond donors (Lipinski definition) is 3. The van der Waals surface area contributed by atoms with E-state index in [0.29, 0.717) is 102 Å². The molecule has 0 bridgehead atoms. The number of halogens is 3. The van der Waals surface area contributed by atoms with Crippen molar-refractivity contribution in [1.82, 2.24) is 28.8 Å². The third-order valence-corrected chi connectivity index (χ3v) is 14.5. The van der Waals surface area contributed by atoms with E-state index in [9.17, 15) is 22.2 Å². The summed E-state index contributed by atoms with van der Waals surface area (Å²) in [6, 6.07) is 16.5. The summed E-state index contributed by atoms with van der Waals surface area (Å²) in [6.07, 6.45) is 2.77. The second-order valence-electron chi connectivity index (χ2n) is 17.9. The summed E-state index contributed by atoms with van der Waals surface area (Å²) in [5.41, 5.74) is 11.8. The van der Waals surface area contributed by atoms with E-state index < -0.39 is 23.7 Å². The largest absolute Gasteiger partial charge is 0.495 e. The number of alkyl halides is 3. The van der Waals surface area contributed by atoms with E-state index in [-0.39, 0.29) is 30.9 Å². The number of fused-ring (bicyclic) bond motifs is 1. The number of anilines is 2. The Labute approximate surface area is 419 Å². The molecule has 2 aromatic carbocycles. The molecule has 5 aromatic rings. The second kappa shape index (κ2) is 23.8. The van der Waals surface area contributed by atoms with Gasteiger partial charge in [-0.3, -0.25) is 4.79 Å². The van der Waals surface area contributed by atoms with Crippen LogP contribution in [0.25, 0.3) is 22.9 Å². The first kappa shape index (κ1) is 51.8.